The highest BCUT2D eigenvalue weighted by atomic mass is 16.5. The summed E-state index contributed by atoms with van der Waals surface area (Å²) in [7, 11) is 1.57. The largest absolute Gasteiger partial charge is 0.504 e. The highest BCUT2D eigenvalue weighted by Crippen LogP contribution is 2.31. The van der Waals surface area contributed by atoms with Crippen molar-refractivity contribution in [2.45, 2.75) is 46.5 Å². The zero-order valence-corrected chi connectivity index (χ0v) is 16.9. The van der Waals surface area contributed by atoms with Gasteiger partial charge >= 0.3 is 0 Å². The predicted octanol–water partition coefficient (Wildman–Crippen LogP) is 5.34. The fourth-order valence-corrected chi connectivity index (χ4v) is 3.12. The maximum absolute atomic E-state index is 9.99. The molecule has 2 atom stereocenters. The number of methoxy groups -OCH3 is 1. The van der Waals surface area contributed by atoms with E-state index in [1.807, 2.05) is 24.3 Å². The Labute approximate surface area is 162 Å². The standard InChI is InChI=1S/C23H32O4/c1-5-6-11-27-23-15-19(8-10-21(23)25)13-17(3)16(2)12-18-7-9-20(24)22(14-18)26-4/h7-10,14-17,24-25H,5-6,11-13H2,1-4H3/t16-,17-/m1/s1. The van der Waals surface area contributed by atoms with E-state index in [1.165, 1.54) is 5.56 Å². The Bertz CT molecular complexity index is 726. The number of phenolic OH excluding ortho intramolecular Hbond substituents is 2. The van der Waals surface area contributed by atoms with Gasteiger partial charge in [0.05, 0.1) is 13.7 Å². The van der Waals surface area contributed by atoms with Crippen LogP contribution >= 0.6 is 0 Å². The topological polar surface area (TPSA) is 58.9 Å². The van der Waals surface area contributed by atoms with Crippen molar-refractivity contribution in [3.63, 3.8) is 0 Å². The third-order valence-corrected chi connectivity index (χ3v) is 5.11. The van der Waals surface area contributed by atoms with Crippen molar-refractivity contribution in [3.05, 3.63) is 47.5 Å². The lowest BCUT2D eigenvalue weighted by Gasteiger charge is -2.21. The summed E-state index contributed by atoms with van der Waals surface area (Å²) in [5.74, 6) is 2.37. The van der Waals surface area contributed by atoms with Gasteiger partial charge in [-0.25, -0.2) is 0 Å². The van der Waals surface area contributed by atoms with Gasteiger partial charge in [-0.2, -0.15) is 0 Å². The lowest BCUT2D eigenvalue weighted by atomic mass is 9.85. The van der Waals surface area contributed by atoms with Crippen LogP contribution in [-0.4, -0.2) is 23.9 Å². The second-order valence-corrected chi connectivity index (χ2v) is 7.37. The van der Waals surface area contributed by atoms with E-state index in [2.05, 4.69) is 20.8 Å². The van der Waals surface area contributed by atoms with Crippen molar-refractivity contribution in [1.82, 2.24) is 0 Å². The Morgan fingerprint density at radius 1 is 0.852 bits per heavy atom. The number of aromatic hydroxyl groups is 2. The van der Waals surface area contributed by atoms with E-state index in [4.69, 9.17) is 9.47 Å². The molecular formula is C23H32O4. The van der Waals surface area contributed by atoms with Gasteiger partial charge in [-0.3, -0.25) is 0 Å². The lowest BCUT2D eigenvalue weighted by Crippen LogP contribution is -2.14. The molecule has 2 N–H and O–H groups in total. The van der Waals surface area contributed by atoms with Gasteiger partial charge in [-0.1, -0.05) is 39.3 Å². The molecule has 0 aliphatic heterocycles. The van der Waals surface area contributed by atoms with Crippen molar-refractivity contribution in [3.8, 4) is 23.0 Å². The summed E-state index contributed by atoms with van der Waals surface area (Å²) in [5.41, 5.74) is 2.32. The molecule has 4 heteroatoms. The number of ether oxygens (including phenoxy) is 2. The lowest BCUT2D eigenvalue weighted by molar-refractivity contribution is 0.292. The molecule has 148 valence electrons. The second-order valence-electron chi connectivity index (χ2n) is 7.37. The Morgan fingerprint density at radius 3 is 1.89 bits per heavy atom. The minimum Gasteiger partial charge on any atom is -0.504 e. The molecule has 0 amide bonds. The van der Waals surface area contributed by atoms with Gasteiger partial charge < -0.3 is 19.7 Å². The van der Waals surface area contributed by atoms with E-state index in [-0.39, 0.29) is 11.5 Å². The Kier molecular flexibility index (Phi) is 7.83. The highest BCUT2D eigenvalue weighted by molar-refractivity contribution is 5.43. The van der Waals surface area contributed by atoms with Gasteiger partial charge in [0.25, 0.3) is 0 Å². The molecule has 0 aliphatic rings. The number of hydrogen-bond acceptors (Lipinski definition) is 4. The van der Waals surface area contributed by atoms with Crippen molar-refractivity contribution in [2.75, 3.05) is 13.7 Å². The molecule has 0 saturated carbocycles. The summed E-state index contributed by atoms with van der Waals surface area (Å²) in [4.78, 5) is 0. The summed E-state index contributed by atoms with van der Waals surface area (Å²) < 4.78 is 10.9. The summed E-state index contributed by atoms with van der Waals surface area (Å²) in [5, 5.41) is 19.7. The molecule has 0 saturated heterocycles. The van der Waals surface area contributed by atoms with E-state index in [0.29, 0.717) is 29.9 Å². The Hall–Kier alpha value is -2.36. The zero-order chi connectivity index (χ0) is 19.8. The van der Waals surface area contributed by atoms with Crippen molar-refractivity contribution < 1.29 is 19.7 Å². The molecule has 2 aromatic carbocycles. The maximum Gasteiger partial charge on any atom is 0.161 e. The van der Waals surface area contributed by atoms with Crippen LogP contribution in [0.25, 0.3) is 0 Å². The molecule has 2 rings (SSSR count). The van der Waals surface area contributed by atoms with Gasteiger partial charge in [-0.05, 0) is 66.5 Å². The molecule has 0 aromatic heterocycles. The first kappa shape index (κ1) is 20.9. The fraction of sp³-hybridized carbons (Fsp3) is 0.478. The first-order valence-corrected chi connectivity index (χ1v) is 9.75. The molecule has 0 radical (unpaired) electrons. The van der Waals surface area contributed by atoms with Gasteiger partial charge in [0.1, 0.15) is 0 Å². The number of phenols is 2. The molecule has 27 heavy (non-hydrogen) atoms. The van der Waals surface area contributed by atoms with Crippen molar-refractivity contribution in [1.29, 1.82) is 0 Å². The van der Waals surface area contributed by atoms with Crippen LogP contribution in [0.4, 0.5) is 0 Å². The summed E-state index contributed by atoms with van der Waals surface area (Å²) >= 11 is 0. The quantitative estimate of drug-likeness (QED) is 0.553. The Balaban J connectivity index is 1.99. The smallest absolute Gasteiger partial charge is 0.161 e. The van der Waals surface area contributed by atoms with Crippen LogP contribution in [0, 0.1) is 11.8 Å². The first-order chi connectivity index (χ1) is 12.9. The maximum atomic E-state index is 9.99. The number of rotatable bonds is 10. The Morgan fingerprint density at radius 2 is 1.37 bits per heavy atom. The number of unbranched alkanes of at least 4 members (excludes halogenated alkanes) is 1. The first-order valence-electron chi connectivity index (χ1n) is 9.75. The van der Waals surface area contributed by atoms with Gasteiger partial charge in [-0.15, -0.1) is 0 Å². The minimum absolute atomic E-state index is 0.168. The van der Waals surface area contributed by atoms with E-state index in [9.17, 15) is 10.2 Å². The minimum atomic E-state index is 0.168. The van der Waals surface area contributed by atoms with Crippen LogP contribution in [0.2, 0.25) is 0 Å². The van der Waals surface area contributed by atoms with Crippen LogP contribution in [-0.2, 0) is 12.8 Å². The van der Waals surface area contributed by atoms with Crippen molar-refractivity contribution in [2.24, 2.45) is 11.8 Å². The van der Waals surface area contributed by atoms with E-state index >= 15 is 0 Å². The summed E-state index contributed by atoms with van der Waals surface area (Å²) in [6.07, 6.45) is 3.88. The van der Waals surface area contributed by atoms with E-state index in [0.717, 1.165) is 31.2 Å². The third kappa shape index (κ3) is 6.09. The summed E-state index contributed by atoms with van der Waals surface area (Å²) in [6.45, 7) is 7.23. The molecule has 4 nitrogen and oxygen atoms in total. The highest BCUT2D eigenvalue weighted by Gasteiger charge is 2.16. The molecule has 0 heterocycles. The molecule has 2 aromatic rings. The van der Waals surface area contributed by atoms with Gasteiger partial charge in [0.2, 0.25) is 0 Å². The van der Waals surface area contributed by atoms with E-state index < -0.39 is 0 Å². The average molecular weight is 373 g/mol. The monoisotopic (exact) mass is 372 g/mol. The predicted molar refractivity (Wildman–Crippen MR) is 109 cm³/mol. The fourth-order valence-electron chi connectivity index (χ4n) is 3.12. The SMILES string of the molecule is CCCCOc1cc(C[C@@H](C)[C@H](C)Cc2ccc(O)c(OC)c2)ccc1O. The summed E-state index contributed by atoms with van der Waals surface area (Å²) in [6, 6.07) is 11.2. The molecule has 0 aliphatic carbocycles. The van der Waals surface area contributed by atoms with Crippen LogP contribution in [0.1, 0.15) is 44.7 Å². The molecule has 0 unspecified atom stereocenters. The van der Waals surface area contributed by atoms with Crippen LogP contribution in [0.5, 0.6) is 23.0 Å². The van der Waals surface area contributed by atoms with Crippen molar-refractivity contribution >= 4 is 0 Å². The van der Waals surface area contributed by atoms with Gasteiger partial charge in [0, 0.05) is 0 Å². The third-order valence-electron chi connectivity index (χ3n) is 5.11. The number of benzene rings is 2. The van der Waals surface area contributed by atoms with Crippen LogP contribution in [0.3, 0.4) is 0 Å². The zero-order valence-electron chi connectivity index (χ0n) is 16.9. The molecule has 0 spiro atoms. The molecular weight excluding hydrogens is 340 g/mol. The van der Waals surface area contributed by atoms with Crippen LogP contribution < -0.4 is 9.47 Å². The number of hydrogen-bond donors (Lipinski definition) is 2. The molecule has 0 fully saturated rings. The van der Waals surface area contributed by atoms with Crippen LogP contribution in [0.15, 0.2) is 36.4 Å². The van der Waals surface area contributed by atoms with Gasteiger partial charge in [0.15, 0.2) is 23.0 Å². The average Bonchev–Trinajstić information content (AvgIpc) is 2.65. The molecule has 0 bridgehead atoms. The normalized spacial score (nSPS) is 13.2. The second kappa shape index (κ2) is 10.1. The van der Waals surface area contributed by atoms with E-state index in [1.54, 1.807) is 19.2 Å².